The summed E-state index contributed by atoms with van der Waals surface area (Å²) in [6, 6.07) is 0. The molecule has 0 aromatic carbocycles. The zero-order valence-electron chi connectivity index (χ0n) is 9.28. The molecule has 4 nitrogen and oxygen atoms in total. The molecule has 1 fully saturated rings. The van der Waals surface area contributed by atoms with Crippen molar-refractivity contribution in [3.8, 4) is 0 Å². The van der Waals surface area contributed by atoms with Crippen LogP contribution in [0.25, 0.3) is 0 Å². The van der Waals surface area contributed by atoms with Gasteiger partial charge < -0.3 is 10.8 Å². The van der Waals surface area contributed by atoms with Crippen molar-refractivity contribution in [1.29, 1.82) is 0 Å². The monoisotopic (exact) mass is 235 g/mol. The summed E-state index contributed by atoms with van der Waals surface area (Å²) in [6.45, 7) is 0.379. The normalized spacial score (nSPS) is 32.9. The van der Waals surface area contributed by atoms with Gasteiger partial charge in [0.2, 0.25) is 0 Å². The highest BCUT2D eigenvalue weighted by atomic mass is 32.2. The quantitative estimate of drug-likeness (QED) is 0.734. The van der Waals surface area contributed by atoms with Crippen LogP contribution in [-0.2, 0) is 9.84 Å². The fourth-order valence-electron chi connectivity index (χ4n) is 2.31. The van der Waals surface area contributed by atoms with Gasteiger partial charge in [-0.2, -0.15) is 0 Å². The van der Waals surface area contributed by atoms with Crippen LogP contribution in [0.3, 0.4) is 0 Å². The highest BCUT2D eigenvalue weighted by Crippen LogP contribution is 2.38. The number of nitrogens with two attached hydrogens (primary N) is 1. The number of rotatable bonds is 4. The molecule has 3 N–H and O–H groups in total. The zero-order chi connectivity index (χ0) is 11.5. The molecule has 0 bridgehead atoms. The van der Waals surface area contributed by atoms with E-state index in [1.807, 2.05) is 0 Å². The smallest absolute Gasteiger partial charge is 0.147 e. The van der Waals surface area contributed by atoms with Crippen molar-refractivity contribution >= 4 is 9.84 Å². The third-order valence-electron chi connectivity index (χ3n) is 3.49. The molecule has 0 aromatic rings. The van der Waals surface area contributed by atoms with Crippen molar-refractivity contribution in [1.82, 2.24) is 0 Å². The molecule has 0 spiro atoms. The first kappa shape index (κ1) is 12.9. The van der Waals surface area contributed by atoms with Crippen molar-refractivity contribution < 1.29 is 13.5 Å². The molecule has 0 heterocycles. The van der Waals surface area contributed by atoms with Crippen LogP contribution >= 0.6 is 0 Å². The van der Waals surface area contributed by atoms with E-state index < -0.39 is 15.9 Å². The lowest BCUT2D eigenvalue weighted by molar-refractivity contribution is -0.00799. The minimum atomic E-state index is -2.96. The molecule has 0 radical (unpaired) electrons. The van der Waals surface area contributed by atoms with Crippen LogP contribution in [0.5, 0.6) is 0 Å². The number of hydrogen-bond acceptors (Lipinski definition) is 4. The van der Waals surface area contributed by atoms with E-state index >= 15 is 0 Å². The second kappa shape index (κ2) is 4.80. The Morgan fingerprint density at radius 3 is 2.60 bits per heavy atom. The summed E-state index contributed by atoms with van der Waals surface area (Å²) in [4.78, 5) is 0. The van der Waals surface area contributed by atoms with Gasteiger partial charge in [0.1, 0.15) is 9.84 Å². The Kier molecular flexibility index (Phi) is 4.14. The van der Waals surface area contributed by atoms with Crippen molar-refractivity contribution in [2.24, 2.45) is 11.1 Å². The van der Waals surface area contributed by atoms with Gasteiger partial charge in [0.15, 0.2) is 0 Å². The maximum absolute atomic E-state index is 11.1. The van der Waals surface area contributed by atoms with E-state index in [-0.39, 0.29) is 11.2 Å². The third kappa shape index (κ3) is 3.43. The Morgan fingerprint density at radius 2 is 2.13 bits per heavy atom. The van der Waals surface area contributed by atoms with Gasteiger partial charge in [-0.05, 0) is 19.3 Å². The van der Waals surface area contributed by atoms with Crippen molar-refractivity contribution in [3.63, 3.8) is 0 Å². The summed E-state index contributed by atoms with van der Waals surface area (Å²) in [5.74, 6) is 0.126. The highest BCUT2D eigenvalue weighted by Gasteiger charge is 2.38. The Balaban J connectivity index is 2.67. The van der Waals surface area contributed by atoms with Gasteiger partial charge >= 0.3 is 0 Å². The third-order valence-corrected chi connectivity index (χ3v) is 4.43. The molecule has 0 saturated heterocycles. The lowest BCUT2D eigenvalue weighted by atomic mass is 9.70. The average molecular weight is 235 g/mol. The maximum Gasteiger partial charge on any atom is 0.147 e. The van der Waals surface area contributed by atoms with Gasteiger partial charge in [-0.3, -0.25) is 0 Å². The van der Waals surface area contributed by atoms with Crippen LogP contribution in [0.2, 0.25) is 0 Å². The van der Waals surface area contributed by atoms with Gasteiger partial charge in [-0.25, -0.2) is 8.42 Å². The Hall–Kier alpha value is -0.130. The molecule has 1 aliphatic carbocycles. The van der Waals surface area contributed by atoms with Crippen LogP contribution in [0.4, 0.5) is 0 Å². The van der Waals surface area contributed by atoms with Crippen molar-refractivity contribution in [2.75, 3.05) is 18.6 Å². The predicted molar refractivity (Wildman–Crippen MR) is 60.3 cm³/mol. The van der Waals surface area contributed by atoms with E-state index in [0.29, 0.717) is 13.0 Å². The molecule has 90 valence electrons. The second-order valence-electron chi connectivity index (χ2n) is 4.71. The molecule has 1 aliphatic rings. The maximum atomic E-state index is 11.1. The predicted octanol–water partition coefficient (Wildman–Crippen LogP) is 0.301. The van der Waals surface area contributed by atoms with Gasteiger partial charge in [0.25, 0.3) is 0 Å². The van der Waals surface area contributed by atoms with E-state index in [9.17, 15) is 13.5 Å². The Bertz CT molecular complexity index is 302. The topological polar surface area (TPSA) is 80.4 Å². The molecule has 0 aliphatic heterocycles. The number of aliphatic hydroxyl groups is 1. The number of hydrogen-bond donors (Lipinski definition) is 2. The molecule has 15 heavy (non-hydrogen) atoms. The summed E-state index contributed by atoms with van der Waals surface area (Å²) in [5.41, 5.74) is 5.34. The van der Waals surface area contributed by atoms with Crippen LogP contribution in [0.1, 0.15) is 32.1 Å². The van der Waals surface area contributed by atoms with Gasteiger partial charge in [-0.1, -0.05) is 12.8 Å². The zero-order valence-corrected chi connectivity index (χ0v) is 10.1. The lowest BCUT2D eigenvalue weighted by Crippen LogP contribution is -2.45. The summed E-state index contributed by atoms with van der Waals surface area (Å²) in [5, 5.41) is 9.94. The minimum Gasteiger partial charge on any atom is -0.393 e. The summed E-state index contributed by atoms with van der Waals surface area (Å²) < 4.78 is 22.2. The van der Waals surface area contributed by atoms with Crippen LogP contribution < -0.4 is 5.73 Å². The molecular weight excluding hydrogens is 214 g/mol. The molecular formula is C10H21NO3S. The van der Waals surface area contributed by atoms with Crippen LogP contribution in [-0.4, -0.2) is 38.2 Å². The SMILES string of the molecule is CS(=O)(=O)CCC1(CN)CCCCC1O. The van der Waals surface area contributed by atoms with E-state index in [1.54, 1.807) is 0 Å². The Labute approximate surface area is 91.8 Å². The first-order chi connectivity index (χ1) is 6.90. The molecule has 1 saturated carbocycles. The first-order valence-electron chi connectivity index (χ1n) is 5.45. The number of sulfone groups is 1. The molecule has 2 unspecified atom stereocenters. The summed E-state index contributed by atoms with van der Waals surface area (Å²) >= 11 is 0. The fourth-order valence-corrected chi connectivity index (χ4v) is 3.09. The Morgan fingerprint density at radius 1 is 1.47 bits per heavy atom. The van der Waals surface area contributed by atoms with E-state index in [1.165, 1.54) is 6.26 Å². The second-order valence-corrected chi connectivity index (χ2v) is 6.97. The van der Waals surface area contributed by atoms with Crippen molar-refractivity contribution in [3.05, 3.63) is 0 Å². The molecule has 1 rings (SSSR count). The molecule has 2 atom stereocenters. The van der Waals surface area contributed by atoms with Gasteiger partial charge in [0.05, 0.1) is 11.9 Å². The minimum absolute atomic E-state index is 0.126. The van der Waals surface area contributed by atoms with Crippen LogP contribution in [0.15, 0.2) is 0 Å². The number of aliphatic hydroxyl groups excluding tert-OH is 1. The molecule has 0 amide bonds. The fraction of sp³-hybridized carbons (Fsp3) is 1.00. The van der Waals surface area contributed by atoms with Gasteiger partial charge in [0, 0.05) is 18.2 Å². The molecule has 5 heteroatoms. The summed E-state index contributed by atoms with van der Waals surface area (Å²) in [6.07, 6.45) is 4.94. The van der Waals surface area contributed by atoms with E-state index in [2.05, 4.69) is 0 Å². The van der Waals surface area contributed by atoms with E-state index in [0.717, 1.165) is 25.7 Å². The molecule has 0 aromatic heterocycles. The largest absolute Gasteiger partial charge is 0.393 e. The summed E-state index contributed by atoms with van der Waals surface area (Å²) in [7, 11) is -2.96. The van der Waals surface area contributed by atoms with E-state index in [4.69, 9.17) is 5.73 Å². The van der Waals surface area contributed by atoms with Crippen LogP contribution in [0, 0.1) is 5.41 Å². The lowest BCUT2D eigenvalue weighted by Gasteiger charge is -2.40. The highest BCUT2D eigenvalue weighted by molar-refractivity contribution is 7.90. The average Bonchev–Trinajstić information content (AvgIpc) is 2.16. The standard InChI is InChI=1S/C10H21NO3S/c1-15(13,14)7-6-10(8-11)5-3-2-4-9(10)12/h9,12H,2-8,11H2,1H3. The van der Waals surface area contributed by atoms with Gasteiger partial charge in [-0.15, -0.1) is 0 Å². The van der Waals surface area contributed by atoms with Crippen molar-refractivity contribution in [2.45, 2.75) is 38.2 Å². The first-order valence-corrected chi connectivity index (χ1v) is 7.51.